The van der Waals surface area contributed by atoms with Crippen molar-refractivity contribution in [3.63, 3.8) is 0 Å². The molecule has 8 nitrogen and oxygen atoms in total. The smallest absolute Gasteiger partial charge is 0.228 e. The van der Waals surface area contributed by atoms with E-state index in [1.165, 1.54) is 5.56 Å². The van der Waals surface area contributed by atoms with Crippen LogP contribution in [0.5, 0.6) is 0 Å². The van der Waals surface area contributed by atoms with E-state index in [2.05, 4.69) is 71.1 Å². The second-order valence-corrected chi connectivity index (χ2v) is 9.94. The summed E-state index contributed by atoms with van der Waals surface area (Å²) >= 11 is 0. The maximum Gasteiger partial charge on any atom is 0.228 e. The van der Waals surface area contributed by atoms with E-state index in [1.807, 2.05) is 39.8 Å². The molecule has 1 aliphatic rings. The van der Waals surface area contributed by atoms with E-state index in [0.29, 0.717) is 30.2 Å². The molecule has 8 heteroatoms. The Hall–Kier alpha value is -4.04. The summed E-state index contributed by atoms with van der Waals surface area (Å²) in [6, 6.07) is 18.9. The van der Waals surface area contributed by atoms with Gasteiger partial charge in [0.05, 0.1) is 11.9 Å². The van der Waals surface area contributed by atoms with Gasteiger partial charge in [0, 0.05) is 30.1 Å². The molecule has 2 N–H and O–H groups in total. The zero-order chi connectivity index (χ0) is 25.2. The number of nitrogens with zero attached hydrogens (tertiary/aromatic N) is 6. The van der Waals surface area contributed by atoms with E-state index < -0.39 is 0 Å². The van der Waals surface area contributed by atoms with Crippen LogP contribution in [0.1, 0.15) is 55.2 Å². The maximum atomic E-state index is 5.01. The molecule has 37 heavy (non-hydrogen) atoms. The third kappa shape index (κ3) is 4.72. The van der Waals surface area contributed by atoms with Crippen LogP contribution in [0.2, 0.25) is 0 Å². The van der Waals surface area contributed by atoms with E-state index in [4.69, 9.17) is 9.97 Å². The SMILES string of the molecule is CC(C)c1cnn2c(NCc3ccccc3-n3cccn3)nc(-c3cccc(C4CCNCC4)c3)nc12. The first kappa shape index (κ1) is 23.4. The second kappa shape index (κ2) is 10.1. The molecule has 5 aromatic rings. The van der Waals surface area contributed by atoms with Crippen LogP contribution < -0.4 is 10.6 Å². The first-order valence-corrected chi connectivity index (χ1v) is 13.1. The average molecular weight is 493 g/mol. The molecule has 3 aromatic heterocycles. The quantitative estimate of drug-likeness (QED) is 0.326. The molecular weight excluding hydrogens is 460 g/mol. The van der Waals surface area contributed by atoms with Gasteiger partial charge in [-0.3, -0.25) is 0 Å². The highest BCUT2D eigenvalue weighted by Gasteiger charge is 2.19. The van der Waals surface area contributed by atoms with Crippen LogP contribution in [0, 0.1) is 0 Å². The van der Waals surface area contributed by atoms with Gasteiger partial charge >= 0.3 is 0 Å². The predicted molar refractivity (Wildman–Crippen MR) is 146 cm³/mol. The molecule has 1 fully saturated rings. The van der Waals surface area contributed by atoms with Gasteiger partial charge in [-0.05, 0) is 67.1 Å². The van der Waals surface area contributed by atoms with Crippen LogP contribution in [0.25, 0.3) is 22.7 Å². The minimum absolute atomic E-state index is 0.301. The molecule has 0 aliphatic carbocycles. The van der Waals surface area contributed by atoms with Crippen LogP contribution in [0.4, 0.5) is 5.95 Å². The fourth-order valence-electron chi connectivity index (χ4n) is 5.10. The molecular formula is C29H32N8. The van der Waals surface area contributed by atoms with Crippen LogP contribution in [-0.4, -0.2) is 42.5 Å². The van der Waals surface area contributed by atoms with Gasteiger partial charge in [-0.1, -0.05) is 50.2 Å². The Kier molecular flexibility index (Phi) is 6.40. The molecule has 188 valence electrons. The minimum atomic E-state index is 0.301. The minimum Gasteiger partial charge on any atom is -0.350 e. The summed E-state index contributed by atoms with van der Waals surface area (Å²) in [5, 5.41) is 16.1. The zero-order valence-electron chi connectivity index (χ0n) is 21.3. The number of piperidine rings is 1. The van der Waals surface area contributed by atoms with Crippen LogP contribution in [0.3, 0.4) is 0 Å². The topological polar surface area (TPSA) is 85.0 Å². The van der Waals surface area contributed by atoms with Crippen molar-refractivity contribution in [3.8, 4) is 17.1 Å². The van der Waals surface area contributed by atoms with Crippen molar-refractivity contribution in [1.82, 2.24) is 34.7 Å². The molecule has 0 spiro atoms. The number of fused-ring (bicyclic) bond motifs is 1. The second-order valence-electron chi connectivity index (χ2n) is 9.94. The van der Waals surface area contributed by atoms with Gasteiger partial charge in [-0.15, -0.1) is 0 Å². The van der Waals surface area contributed by atoms with Crippen molar-refractivity contribution in [2.24, 2.45) is 0 Å². The van der Waals surface area contributed by atoms with Crippen molar-refractivity contribution in [3.05, 3.63) is 89.9 Å². The number of aromatic nitrogens is 6. The van der Waals surface area contributed by atoms with Gasteiger partial charge in [0.2, 0.25) is 5.95 Å². The predicted octanol–water partition coefficient (Wildman–Crippen LogP) is 5.18. The van der Waals surface area contributed by atoms with Gasteiger partial charge in [-0.25, -0.2) is 9.67 Å². The highest BCUT2D eigenvalue weighted by molar-refractivity contribution is 5.63. The molecule has 1 saturated heterocycles. The highest BCUT2D eigenvalue weighted by atomic mass is 15.3. The number of benzene rings is 2. The van der Waals surface area contributed by atoms with Crippen molar-refractivity contribution in [2.45, 2.75) is 45.1 Å². The fraction of sp³-hybridized carbons (Fsp3) is 0.310. The summed E-state index contributed by atoms with van der Waals surface area (Å²) in [7, 11) is 0. The Morgan fingerprint density at radius 2 is 1.86 bits per heavy atom. The van der Waals surface area contributed by atoms with Gasteiger partial charge in [0.15, 0.2) is 11.5 Å². The number of para-hydroxylation sites is 1. The number of anilines is 1. The zero-order valence-corrected chi connectivity index (χ0v) is 21.3. The van der Waals surface area contributed by atoms with Crippen LogP contribution >= 0.6 is 0 Å². The summed E-state index contributed by atoms with van der Waals surface area (Å²) in [5.41, 5.74) is 6.50. The van der Waals surface area contributed by atoms with Crippen LogP contribution in [0.15, 0.2) is 73.2 Å². The largest absolute Gasteiger partial charge is 0.350 e. The normalized spacial score (nSPS) is 14.5. The van der Waals surface area contributed by atoms with Crippen molar-refractivity contribution >= 4 is 11.6 Å². The van der Waals surface area contributed by atoms with Crippen molar-refractivity contribution in [1.29, 1.82) is 0 Å². The van der Waals surface area contributed by atoms with Gasteiger partial charge in [0.25, 0.3) is 0 Å². The molecule has 0 saturated carbocycles. The molecule has 0 bridgehead atoms. The standard InChI is InChI=1S/C29H32N8/c1-20(2)25-19-33-37-28(25)34-27(23-9-5-8-22(17-23)21-11-14-30-15-12-21)35-29(37)31-18-24-7-3-4-10-26(24)36-16-6-13-32-36/h3-10,13,16-17,19-21,30H,11-12,14-15,18H2,1-2H3,(H,31,34,35). The molecule has 0 unspecified atom stereocenters. The maximum absolute atomic E-state index is 5.01. The Morgan fingerprint density at radius 3 is 2.68 bits per heavy atom. The monoisotopic (exact) mass is 492 g/mol. The number of hydrogen-bond acceptors (Lipinski definition) is 6. The molecule has 2 aromatic carbocycles. The summed E-state index contributed by atoms with van der Waals surface area (Å²) < 4.78 is 3.71. The van der Waals surface area contributed by atoms with Crippen molar-refractivity contribution in [2.75, 3.05) is 18.4 Å². The Balaban J connectivity index is 1.38. The lowest BCUT2D eigenvalue weighted by Crippen LogP contribution is -2.26. The molecule has 1 aliphatic heterocycles. The lowest BCUT2D eigenvalue weighted by molar-refractivity contribution is 0.460. The van der Waals surface area contributed by atoms with E-state index in [0.717, 1.165) is 54.0 Å². The van der Waals surface area contributed by atoms with Gasteiger partial charge in [0.1, 0.15) is 0 Å². The summed E-state index contributed by atoms with van der Waals surface area (Å²) in [6.45, 7) is 7.06. The van der Waals surface area contributed by atoms with Gasteiger partial charge < -0.3 is 10.6 Å². The van der Waals surface area contributed by atoms with E-state index >= 15 is 0 Å². The molecule has 0 radical (unpaired) electrons. The summed E-state index contributed by atoms with van der Waals surface area (Å²) in [6.07, 6.45) is 7.97. The Bertz CT molecular complexity index is 1500. The Morgan fingerprint density at radius 1 is 1.00 bits per heavy atom. The number of nitrogens with one attached hydrogen (secondary N) is 2. The highest BCUT2D eigenvalue weighted by Crippen LogP contribution is 2.30. The summed E-state index contributed by atoms with van der Waals surface area (Å²) in [4.78, 5) is 9.99. The first-order valence-electron chi connectivity index (χ1n) is 13.1. The van der Waals surface area contributed by atoms with Crippen molar-refractivity contribution < 1.29 is 0 Å². The molecule has 0 atom stereocenters. The lowest BCUT2D eigenvalue weighted by atomic mass is 9.89. The Labute approximate surface area is 216 Å². The fourth-order valence-corrected chi connectivity index (χ4v) is 5.10. The lowest BCUT2D eigenvalue weighted by Gasteiger charge is -2.23. The molecule has 4 heterocycles. The number of hydrogen-bond donors (Lipinski definition) is 2. The van der Waals surface area contributed by atoms with E-state index in [1.54, 1.807) is 6.20 Å². The average Bonchev–Trinajstić information content (AvgIpc) is 3.63. The number of rotatable bonds is 7. The van der Waals surface area contributed by atoms with E-state index in [9.17, 15) is 0 Å². The molecule has 0 amide bonds. The molecule has 6 rings (SSSR count). The summed E-state index contributed by atoms with van der Waals surface area (Å²) in [5.74, 6) is 2.26. The van der Waals surface area contributed by atoms with E-state index in [-0.39, 0.29) is 0 Å². The third-order valence-electron chi connectivity index (χ3n) is 7.15. The van der Waals surface area contributed by atoms with Crippen LogP contribution in [-0.2, 0) is 6.54 Å². The van der Waals surface area contributed by atoms with Gasteiger partial charge in [-0.2, -0.15) is 19.7 Å². The third-order valence-corrected chi connectivity index (χ3v) is 7.15. The first-order chi connectivity index (χ1) is 18.2.